The molecule has 1 aliphatic rings. The van der Waals surface area contributed by atoms with Crippen molar-refractivity contribution < 1.29 is 4.79 Å². The van der Waals surface area contributed by atoms with Crippen molar-refractivity contribution in [3.05, 3.63) is 58.7 Å². The normalized spacial score (nSPS) is 14.7. The zero-order chi connectivity index (χ0) is 21.3. The molecule has 0 unspecified atom stereocenters. The summed E-state index contributed by atoms with van der Waals surface area (Å²) in [6.45, 7) is 3.97. The van der Waals surface area contributed by atoms with Gasteiger partial charge in [0.2, 0.25) is 0 Å². The number of likely N-dealkylation sites (N-methyl/N-ethyl adjacent to an activating group) is 1. The number of pyridine rings is 1. The van der Waals surface area contributed by atoms with Crippen molar-refractivity contribution in [3.63, 3.8) is 0 Å². The number of nitrogens with zero attached hydrogens (tertiary/aromatic N) is 4. The van der Waals surface area contributed by atoms with Crippen molar-refractivity contribution in [2.75, 3.05) is 55.4 Å². The molecule has 0 spiro atoms. The van der Waals surface area contributed by atoms with Gasteiger partial charge in [0.1, 0.15) is 0 Å². The Morgan fingerprint density at radius 1 is 1.03 bits per heavy atom. The molecule has 6 nitrogen and oxygen atoms in total. The smallest absolute Gasteiger partial charge is 0.326 e. The molecule has 1 N–H and O–H groups in total. The monoisotopic (exact) mass is 443 g/mol. The second-order valence-electron chi connectivity index (χ2n) is 7.44. The molecular formula is C22H23Cl2N5O. The van der Waals surface area contributed by atoms with E-state index in [4.69, 9.17) is 23.2 Å². The Morgan fingerprint density at radius 3 is 2.53 bits per heavy atom. The third-order valence-electron chi connectivity index (χ3n) is 5.41. The van der Waals surface area contributed by atoms with Crippen molar-refractivity contribution in [2.24, 2.45) is 0 Å². The number of aromatic nitrogens is 1. The number of carbonyl (C=O) groups excluding carboxylic acids is 1. The van der Waals surface area contributed by atoms with Crippen LogP contribution in [0.15, 0.2) is 48.7 Å². The third kappa shape index (κ3) is 4.31. The van der Waals surface area contributed by atoms with Gasteiger partial charge in [-0.25, -0.2) is 4.79 Å². The number of piperazine rings is 1. The van der Waals surface area contributed by atoms with E-state index in [1.165, 1.54) is 4.90 Å². The number of anilines is 3. The van der Waals surface area contributed by atoms with Gasteiger partial charge < -0.3 is 15.1 Å². The first-order chi connectivity index (χ1) is 14.4. The second-order valence-corrected chi connectivity index (χ2v) is 8.25. The topological polar surface area (TPSA) is 51.7 Å². The highest BCUT2D eigenvalue weighted by atomic mass is 35.5. The van der Waals surface area contributed by atoms with Crippen LogP contribution in [-0.4, -0.2) is 56.2 Å². The van der Waals surface area contributed by atoms with Crippen LogP contribution in [0.4, 0.5) is 21.9 Å². The number of amides is 2. The summed E-state index contributed by atoms with van der Waals surface area (Å²) in [7, 11) is 3.83. The first kappa shape index (κ1) is 20.7. The molecule has 1 fully saturated rings. The zero-order valence-corrected chi connectivity index (χ0v) is 18.4. The van der Waals surface area contributed by atoms with Crippen molar-refractivity contribution in [1.29, 1.82) is 0 Å². The fourth-order valence-corrected chi connectivity index (χ4v) is 3.84. The molecule has 4 rings (SSSR count). The van der Waals surface area contributed by atoms with Crippen molar-refractivity contribution in [1.82, 2.24) is 9.88 Å². The highest BCUT2D eigenvalue weighted by Gasteiger charge is 2.18. The molecule has 0 aliphatic carbocycles. The quantitative estimate of drug-likeness (QED) is 0.621. The Kier molecular flexibility index (Phi) is 5.99. The average Bonchev–Trinajstić information content (AvgIpc) is 2.75. The van der Waals surface area contributed by atoms with Crippen LogP contribution in [0.2, 0.25) is 10.0 Å². The van der Waals surface area contributed by atoms with Gasteiger partial charge in [-0.3, -0.25) is 9.88 Å². The molecule has 0 radical (unpaired) electrons. The Labute approximate surface area is 186 Å². The van der Waals surface area contributed by atoms with E-state index in [0.29, 0.717) is 21.4 Å². The van der Waals surface area contributed by atoms with E-state index in [9.17, 15) is 4.79 Å². The van der Waals surface area contributed by atoms with Crippen molar-refractivity contribution in [3.8, 4) is 0 Å². The van der Waals surface area contributed by atoms with Crippen LogP contribution in [0.5, 0.6) is 0 Å². The van der Waals surface area contributed by atoms with E-state index >= 15 is 0 Å². The van der Waals surface area contributed by atoms with Gasteiger partial charge in [0.05, 0.1) is 15.6 Å². The van der Waals surface area contributed by atoms with Crippen LogP contribution in [0, 0.1) is 0 Å². The molecule has 0 bridgehead atoms. The molecule has 1 saturated heterocycles. The molecule has 156 valence electrons. The molecule has 30 heavy (non-hydrogen) atoms. The zero-order valence-electron chi connectivity index (χ0n) is 16.9. The molecule has 1 aromatic heterocycles. The van der Waals surface area contributed by atoms with Crippen LogP contribution in [0.25, 0.3) is 10.9 Å². The minimum absolute atomic E-state index is 0.266. The van der Waals surface area contributed by atoms with Gasteiger partial charge in [-0.1, -0.05) is 23.2 Å². The minimum atomic E-state index is -0.266. The number of fused-ring (bicyclic) bond motifs is 1. The van der Waals surface area contributed by atoms with Gasteiger partial charge in [-0.15, -0.1) is 0 Å². The van der Waals surface area contributed by atoms with Gasteiger partial charge in [0.15, 0.2) is 0 Å². The molecule has 2 heterocycles. The van der Waals surface area contributed by atoms with E-state index in [0.717, 1.165) is 42.8 Å². The number of hydrogen-bond acceptors (Lipinski definition) is 4. The summed E-state index contributed by atoms with van der Waals surface area (Å²) in [6.07, 6.45) is 1.84. The summed E-state index contributed by atoms with van der Waals surface area (Å²) in [6, 6.07) is 12.7. The summed E-state index contributed by atoms with van der Waals surface area (Å²) < 4.78 is 0. The van der Waals surface area contributed by atoms with Gasteiger partial charge in [-0.2, -0.15) is 0 Å². The summed E-state index contributed by atoms with van der Waals surface area (Å²) in [4.78, 5) is 23.5. The van der Waals surface area contributed by atoms with Crippen LogP contribution < -0.4 is 15.1 Å². The molecule has 1 aliphatic heterocycles. The number of urea groups is 1. The fourth-order valence-electron chi connectivity index (χ4n) is 3.55. The number of benzene rings is 2. The molecule has 3 aromatic rings. The van der Waals surface area contributed by atoms with Gasteiger partial charge in [0, 0.05) is 61.9 Å². The van der Waals surface area contributed by atoms with E-state index in [2.05, 4.69) is 27.1 Å². The average molecular weight is 444 g/mol. The van der Waals surface area contributed by atoms with Crippen molar-refractivity contribution >= 4 is 57.2 Å². The highest BCUT2D eigenvalue weighted by Crippen LogP contribution is 2.30. The maximum atomic E-state index is 12.8. The Morgan fingerprint density at radius 2 is 1.80 bits per heavy atom. The molecule has 0 atom stereocenters. The van der Waals surface area contributed by atoms with E-state index in [-0.39, 0.29) is 6.03 Å². The lowest BCUT2D eigenvalue weighted by Crippen LogP contribution is -2.44. The SMILES string of the molecule is CN1CCN(c2ccnc3ccc(NC(=O)N(C)c4ccc(Cl)c(Cl)c4)cc23)CC1. The highest BCUT2D eigenvalue weighted by molar-refractivity contribution is 6.42. The van der Waals surface area contributed by atoms with E-state index in [1.54, 1.807) is 25.2 Å². The summed E-state index contributed by atoms with van der Waals surface area (Å²) in [5, 5.41) is 4.84. The van der Waals surface area contributed by atoms with Crippen LogP contribution in [-0.2, 0) is 0 Å². The molecule has 0 saturated carbocycles. The Bertz CT molecular complexity index is 1080. The molecule has 2 aromatic carbocycles. The lowest BCUT2D eigenvalue weighted by Gasteiger charge is -2.34. The number of halogens is 2. The number of carbonyl (C=O) groups is 1. The molecule has 2 amide bonds. The first-order valence-corrected chi connectivity index (χ1v) is 10.5. The fraction of sp³-hybridized carbons (Fsp3) is 0.273. The van der Waals surface area contributed by atoms with Gasteiger partial charge in [-0.05, 0) is 49.5 Å². The first-order valence-electron chi connectivity index (χ1n) is 9.74. The van der Waals surface area contributed by atoms with Crippen molar-refractivity contribution in [2.45, 2.75) is 0 Å². The lowest BCUT2D eigenvalue weighted by molar-refractivity contribution is 0.258. The number of rotatable bonds is 3. The Hall–Kier alpha value is -2.54. The third-order valence-corrected chi connectivity index (χ3v) is 6.15. The minimum Gasteiger partial charge on any atom is -0.368 e. The summed E-state index contributed by atoms with van der Waals surface area (Å²) in [5.41, 5.74) is 3.41. The maximum absolute atomic E-state index is 12.8. The Balaban J connectivity index is 1.57. The number of hydrogen-bond donors (Lipinski definition) is 1. The predicted octanol–water partition coefficient (Wildman–Crippen LogP) is 4.96. The van der Waals surface area contributed by atoms with E-state index < -0.39 is 0 Å². The van der Waals surface area contributed by atoms with E-state index in [1.807, 2.05) is 30.5 Å². The lowest BCUT2D eigenvalue weighted by atomic mass is 10.1. The van der Waals surface area contributed by atoms with Crippen LogP contribution in [0.1, 0.15) is 0 Å². The number of nitrogens with one attached hydrogen (secondary N) is 1. The predicted molar refractivity (Wildman–Crippen MR) is 125 cm³/mol. The van der Waals surface area contributed by atoms with Gasteiger partial charge in [0.25, 0.3) is 0 Å². The summed E-state index contributed by atoms with van der Waals surface area (Å²) >= 11 is 12.1. The second kappa shape index (κ2) is 8.68. The standard InChI is InChI=1S/C22H23Cl2N5O/c1-27-9-11-29(12-10-27)21-7-8-25-20-6-3-15(13-17(20)21)26-22(30)28(2)16-4-5-18(23)19(24)14-16/h3-8,13-14H,9-12H2,1-2H3,(H,26,30). The summed E-state index contributed by atoms with van der Waals surface area (Å²) in [5.74, 6) is 0. The van der Waals surface area contributed by atoms with Crippen LogP contribution in [0.3, 0.4) is 0 Å². The molecular weight excluding hydrogens is 421 g/mol. The van der Waals surface area contributed by atoms with Crippen LogP contribution >= 0.6 is 23.2 Å². The molecule has 8 heteroatoms. The largest absolute Gasteiger partial charge is 0.368 e. The maximum Gasteiger partial charge on any atom is 0.326 e. The van der Waals surface area contributed by atoms with Gasteiger partial charge >= 0.3 is 6.03 Å².